The Morgan fingerprint density at radius 3 is 1.85 bits per heavy atom. The molecule has 2 fully saturated rings. The van der Waals surface area contributed by atoms with Crippen molar-refractivity contribution in [3.8, 4) is 5.75 Å². The molecule has 0 bridgehead atoms. The van der Waals surface area contributed by atoms with Gasteiger partial charge in [0.1, 0.15) is 17.8 Å². The van der Waals surface area contributed by atoms with Crippen LogP contribution >= 0.6 is 12.6 Å². The van der Waals surface area contributed by atoms with E-state index in [2.05, 4.69) is 43.9 Å². The summed E-state index contributed by atoms with van der Waals surface area (Å²) < 4.78 is 10.9. The number of rotatable bonds is 45. The third-order valence-electron chi connectivity index (χ3n) is 16.6. The molecule has 0 radical (unpaired) electrons. The summed E-state index contributed by atoms with van der Waals surface area (Å²) in [5, 5.41) is 31.2. The minimum atomic E-state index is -1.15. The Kier molecular flexibility index (Phi) is 36.2. The summed E-state index contributed by atoms with van der Waals surface area (Å²) in [6.07, 6.45) is 2.64. The molecular weight excluding hydrogens is 1230 g/mol. The first kappa shape index (κ1) is 80.8. The lowest BCUT2D eigenvalue weighted by molar-refractivity contribution is -0.148. The maximum atomic E-state index is 15.1. The van der Waals surface area contributed by atoms with Crippen LogP contribution in [0.3, 0.4) is 0 Å². The number of likely N-dealkylation sites (tertiary alicyclic amines) is 2. The molecule has 0 aliphatic carbocycles. The van der Waals surface area contributed by atoms with Crippen molar-refractivity contribution in [2.24, 2.45) is 62.0 Å². The third-order valence-corrected chi connectivity index (χ3v) is 16.8. The summed E-state index contributed by atoms with van der Waals surface area (Å²) in [6, 6.07) is 0.770. The van der Waals surface area contributed by atoms with Gasteiger partial charge in [0.25, 0.3) is 0 Å². The van der Waals surface area contributed by atoms with E-state index in [1.165, 1.54) is 40.8 Å². The van der Waals surface area contributed by atoms with Gasteiger partial charge in [-0.3, -0.25) is 62.7 Å². The van der Waals surface area contributed by atoms with Gasteiger partial charge in [-0.15, -0.1) is 0 Å². The van der Waals surface area contributed by atoms with Gasteiger partial charge in [0.2, 0.25) is 41.4 Å². The van der Waals surface area contributed by atoms with Crippen molar-refractivity contribution in [2.45, 2.75) is 187 Å². The summed E-state index contributed by atoms with van der Waals surface area (Å²) in [4.78, 5) is 164. The first-order chi connectivity index (χ1) is 44.4. The molecular formula is C65H107N13O15S. The average molecular weight is 1340 g/mol. The van der Waals surface area contributed by atoms with Crippen LogP contribution in [0.4, 0.5) is 0 Å². The predicted molar refractivity (Wildman–Crippen MR) is 358 cm³/mol. The number of hydrogen-bond donors (Lipinski definition) is 11. The van der Waals surface area contributed by atoms with E-state index in [-0.39, 0.29) is 158 Å². The van der Waals surface area contributed by atoms with Crippen molar-refractivity contribution < 1.29 is 72.4 Å². The molecule has 3 rings (SSSR count). The highest BCUT2D eigenvalue weighted by molar-refractivity contribution is 7.80. The fraction of sp³-hybridized carbons (Fsp3) is 0.708. The number of carbonyl (C=O) groups is 11. The van der Waals surface area contributed by atoms with Crippen LogP contribution in [0.15, 0.2) is 34.3 Å². The quantitative estimate of drug-likeness (QED) is 0.0192. The van der Waals surface area contributed by atoms with E-state index in [4.69, 9.17) is 32.4 Å². The summed E-state index contributed by atoms with van der Waals surface area (Å²) in [5.41, 5.74) is 22.3. The zero-order chi connectivity index (χ0) is 70.1. The third kappa shape index (κ3) is 29.5. The van der Waals surface area contributed by atoms with Gasteiger partial charge < -0.3 is 78.6 Å². The Bertz CT molecular complexity index is 2720. The van der Waals surface area contributed by atoms with E-state index in [1.54, 1.807) is 32.9 Å². The number of ether oxygens (including phenoxy) is 2. The number of Topliss-reactive ketones (excluding diaryl/α,β-unsaturated/α-hetero) is 3. The van der Waals surface area contributed by atoms with Gasteiger partial charge in [0.15, 0.2) is 29.3 Å². The summed E-state index contributed by atoms with van der Waals surface area (Å²) >= 11 is 4.02. The second kappa shape index (κ2) is 42.1. The lowest BCUT2D eigenvalue weighted by Crippen LogP contribution is -2.55. The molecule has 0 unspecified atom stereocenters. The monoisotopic (exact) mass is 1340 g/mol. The lowest BCUT2D eigenvalue weighted by atomic mass is 9.80. The highest BCUT2D eigenvalue weighted by Crippen LogP contribution is 2.31. The number of ketones is 3. The first-order valence-electron chi connectivity index (χ1n) is 32.9. The van der Waals surface area contributed by atoms with Gasteiger partial charge in [-0.25, -0.2) is 0 Å². The number of phenolic OH excluding ortho intramolecular Hbond substituents is 1. The van der Waals surface area contributed by atoms with Crippen LogP contribution in [0.1, 0.15) is 156 Å². The molecule has 8 atom stereocenters. The number of unbranched alkanes of at least 4 members (excludes halogenated alkanes) is 1. The smallest absolute Gasteiger partial charge is 0.306 e. The number of nitrogens with one attached hydrogen (secondary N) is 4. The number of benzene rings is 1. The number of amides is 7. The number of likely N-dealkylation sites (N-methyl/N-ethyl adjacent to an activating group) is 1. The molecule has 2 aliphatic rings. The van der Waals surface area contributed by atoms with Gasteiger partial charge in [-0.2, -0.15) is 12.6 Å². The highest BCUT2D eigenvalue weighted by atomic mass is 32.1. The average Bonchev–Trinajstić information content (AvgIpc) is 1.55. The fourth-order valence-corrected chi connectivity index (χ4v) is 12.0. The molecule has 14 N–H and O–H groups in total. The number of aliphatic imine (C=N–C) groups is 2. The maximum Gasteiger partial charge on any atom is 0.306 e. The van der Waals surface area contributed by atoms with Gasteiger partial charge in [-0.1, -0.05) is 46.8 Å². The Morgan fingerprint density at radius 1 is 0.691 bits per heavy atom. The molecule has 2 heterocycles. The fourth-order valence-electron chi connectivity index (χ4n) is 11.8. The van der Waals surface area contributed by atoms with Crippen LogP contribution in [-0.4, -0.2) is 210 Å². The number of aliphatic carboxylic acids is 1. The number of guanidine groups is 2. The van der Waals surface area contributed by atoms with E-state index in [0.717, 1.165) is 0 Å². The Hall–Kier alpha value is -7.40. The summed E-state index contributed by atoms with van der Waals surface area (Å²) in [5.74, 6) is -8.62. The van der Waals surface area contributed by atoms with E-state index >= 15 is 9.59 Å². The predicted octanol–water partition coefficient (Wildman–Crippen LogP) is 1.89. The van der Waals surface area contributed by atoms with Crippen LogP contribution in [0, 0.1) is 29.1 Å². The normalized spacial score (nSPS) is 16.6. The molecule has 29 heteroatoms. The van der Waals surface area contributed by atoms with Gasteiger partial charge in [-0.05, 0) is 118 Å². The number of carboxylic acids is 1. The van der Waals surface area contributed by atoms with Crippen molar-refractivity contribution in [1.82, 2.24) is 36.0 Å². The number of nitrogens with two attached hydrogens (primary N) is 4. The van der Waals surface area contributed by atoms with Gasteiger partial charge in [0, 0.05) is 97.2 Å². The summed E-state index contributed by atoms with van der Waals surface area (Å²) in [6.45, 7) is 12.5. The molecule has 7 amide bonds. The van der Waals surface area contributed by atoms with E-state index < -0.39 is 106 Å². The molecule has 0 aromatic heterocycles. The Morgan fingerprint density at radius 2 is 1.27 bits per heavy atom. The first-order valence-corrected chi connectivity index (χ1v) is 33.5. The number of phenols is 1. The number of thiol groups is 1. The SMILES string of the molecule is CC(=O)N[C@@H](CCCCNC(=O)CCOCCOCCNC(=O)CCS)C(=O)N1CCC[C@H]1C(=O)N(C)[C@@H](CCCN=C(N)N)C(=O)C[C@@H](CCCN=C(N)N)C(=O)N1CCC[C@H]1C(=O)C[C@@H](Cc1ccc(O)cc1)C(=O)N[C@H](C(=O)C[C@@H](CC(C)C)C(=O)O)C(C)(C)C. The van der Waals surface area contributed by atoms with Crippen LogP contribution < -0.4 is 44.2 Å². The minimum Gasteiger partial charge on any atom is -0.508 e. The second-order valence-electron chi connectivity index (χ2n) is 25.9. The lowest BCUT2D eigenvalue weighted by Gasteiger charge is -2.35. The maximum absolute atomic E-state index is 15.1. The number of aromatic hydroxyl groups is 1. The van der Waals surface area contributed by atoms with Crippen molar-refractivity contribution in [3.05, 3.63) is 29.8 Å². The molecule has 2 saturated heterocycles. The second-order valence-corrected chi connectivity index (χ2v) is 26.3. The van der Waals surface area contributed by atoms with Gasteiger partial charge >= 0.3 is 5.97 Å². The zero-order valence-electron chi connectivity index (χ0n) is 56.2. The number of carbonyl (C=O) groups excluding carboxylic acids is 10. The number of hydrogen-bond acceptors (Lipinski definition) is 17. The zero-order valence-corrected chi connectivity index (χ0v) is 57.1. The van der Waals surface area contributed by atoms with Crippen molar-refractivity contribution >= 4 is 89.2 Å². The molecule has 94 heavy (non-hydrogen) atoms. The molecule has 1 aromatic rings. The van der Waals surface area contributed by atoms with Crippen LogP contribution in [0.25, 0.3) is 0 Å². The van der Waals surface area contributed by atoms with E-state index in [1.807, 2.05) is 13.8 Å². The van der Waals surface area contributed by atoms with Crippen LogP contribution in [-0.2, 0) is 68.6 Å². The molecule has 528 valence electrons. The molecule has 0 saturated carbocycles. The highest BCUT2D eigenvalue weighted by Gasteiger charge is 2.44. The number of carboxylic acid groups (broad SMARTS) is 1. The summed E-state index contributed by atoms with van der Waals surface area (Å²) in [7, 11) is 1.46. The number of nitrogens with zero attached hydrogens (tertiary/aromatic N) is 5. The van der Waals surface area contributed by atoms with Gasteiger partial charge in [0.05, 0.1) is 50.5 Å². The van der Waals surface area contributed by atoms with Crippen molar-refractivity contribution in [3.63, 3.8) is 0 Å². The Labute approximate surface area is 558 Å². The van der Waals surface area contributed by atoms with Crippen molar-refractivity contribution in [1.29, 1.82) is 0 Å². The standard InChI is InChI=1S/C65H107N13O15S/c1-41(2)36-46(62(90)91)40-54(83)57(65(4,5)6)75-58(86)45(37-43-19-21-47(80)22-20-43)39-53(82)50-17-12-29-77(50)59(87)44(14-10-26-72-63(66)67)38-52(81)49(16-11-27-73-64(68)69)76(7)61(89)51-18-13-30-78(51)60(88)48(74-42(3)79)15-8-9-25-70-55(84)23-31-92-33-34-93-32-28-71-56(85)24-35-94/h19-22,41,44-46,48-51,57,80,94H,8-18,23-40H2,1-7H3,(H,70,84)(H,71,85)(H,74,79)(H,75,86)(H,90,91)(H4,66,67,72)(H4,68,69,73)/t44-,45-,46-,48+,49+,50+,51+,57-/m1/s1. The van der Waals surface area contributed by atoms with Crippen molar-refractivity contribution in [2.75, 3.05) is 78.5 Å². The van der Waals surface area contributed by atoms with Crippen LogP contribution in [0.2, 0.25) is 0 Å². The molecule has 1 aromatic carbocycles. The van der Waals surface area contributed by atoms with E-state index in [0.29, 0.717) is 69.7 Å². The molecule has 28 nitrogen and oxygen atoms in total. The largest absolute Gasteiger partial charge is 0.508 e. The minimum absolute atomic E-state index is 0.000609. The van der Waals surface area contributed by atoms with E-state index in [9.17, 15) is 53.4 Å². The topological polar surface area (TPSA) is 433 Å². The van der Waals surface area contributed by atoms with Crippen LogP contribution in [0.5, 0.6) is 5.75 Å². The molecule has 0 spiro atoms. The Balaban J connectivity index is 1.83. The molecule has 2 aliphatic heterocycles.